The van der Waals surface area contributed by atoms with Crippen LogP contribution in [0.25, 0.3) is 0 Å². The van der Waals surface area contributed by atoms with Crippen LogP contribution in [0.4, 0.5) is 10.6 Å². The molecule has 0 aromatic carbocycles. The van der Waals surface area contributed by atoms with Crippen molar-refractivity contribution in [1.82, 2.24) is 15.1 Å². The number of likely N-dealkylation sites (tertiary alicyclic amines) is 1. The summed E-state index contributed by atoms with van der Waals surface area (Å²) in [6.45, 7) is 1.50. The Morgan fingerprint density at radius 1 is 1.59 bits per heavy atom. The zero-order valence-corrected chi connectivity index (χ0v) is 9.18. The maximum Gasteiger partial charge on any atom is 0.323 e. The van der Waals surface area contributed by atoms with Crippen molar-refractivity contribution in [2.75, 3.05) is 18.4 Å². The lowest BCUT2D eigenvalue weighted by molar-refractivity contribution is 0.222. The van der Waals surface area contributed by atoms with E-state index in [1.807, 2.05) is 0 Å². The summed E-state index contributed by atoms with van der Waals surface area (Å²) in [5.74, 6) is 0.229. The molecule has 5 N–H and O–H groups in total. The fourth-order valence-corrected chi connectivity index (χ4v) is 1.74. The summed E-state index contributed by atoms with van der Waals surface area (Å²) < 4.78 is 0. The highest BCUT2D eigenvalue weighted by Crippen LogP contribution is 2.13. The first-order valence-corrected chi connectivity index (χ1v) is 5.29. The number of amidine groups is 1. The number of anilines is 1. The Hall–Kier alpha value is -2.25. The second-order valence-corrected chi connectivity index (χ2v) is 3.77. The molecule has 0 aliphatic carbocycles. The lowest BCUT2D eigenvalue weighted by Gasteiger charge is -2.15. The first-order valence-electron chi connectivity index (χ1n) is 5.29. The monoisotopic (exact) mass is 238 g/mol. The van der Waals surface area contributed by atoms with Gasteiger partial charge in [0.2, 0.25) is 0 Å². The number of oxime groups is 1. The van der Waals surface area contributed by atoms with Gasteiger partial charge in [-0.2, -0.15) is 5.10 Å². The minimum atomic E-state index is -0.210. The Labute approximate surface area is 97.5 Å². The van der Waals surface area contributed by atoms with Crippen LogP contribution in [-0.2, 0) is 0 Å². The molecule has 0 radical (unpaired) electrons. The van der Waals surface area contributed by atoms with Crippen molar-refractivity contribution >= 4 is 17.7 Å². The van der Waals surface area contributed by atoms with Crippen LogP contribution in [0, 0.1) is 0 Å². The Balaban J connectivity index is 2.08. The number of nitrogens with zero attached hydrogens (tertiary/aromatic N) is 3. The van der Waals surface area contributed by atoms with Gasteiger partial charge in [0, 0.05) is 13.1 Å². The fraction of sp³-hybridized carbons (Fsp3) is 0.444. The number of nitrogens with one attached hydrogen (secondary N) is 2. The molecule has 0 atom stereocenters. The minimum Gasteiger partial charge on any atom is -0.409 e. The number of urea groups is 1. The highest BCUT2D eigenvalue weighted by atomic mass is 16.4. The number of hydrogen-bond donors (Lipinski definition) is 4. The van der Waals surface area contributed by atoms with Crippen LogP contribution < -0.4 is 11.1 Å². The van der Waals surface area contributed by atoms with Crippen molar-refractivity contribution in [1.29, 1.82) is 0 Å². The van der Waals surface area contributed by atoms with Crippen molar-refractivity contribution < 1.29 is 10.0 Å². The van der Waals surface area contributed by atoms with Crippen LogP contribution in [0.3, 0.4) is 0 Å². The average Bonchev–Trinajstić information content (AvgIpc) is 2.98. The van der Waals surface area contributed by atoms with E-state index in [0.717, 1.165) is 25.9 Å². The molecule has 8 nitrogen and oxygen atoms in total. The molecule has 1 fully saturated rings. The van der Waals surface area contributed by atoms with Crippen LogP contribution in [0.2, 0.25) is 0 Å². The molecule has 17 heavy (non-hydrogen) atoms. The summed E-state index contributed by atoms with van der Waals surface area (Å²) in [5.41, 5.74) is 5.80. The van der Waals surface area contributed by atoms with Crippen LogP contribution in [-0.4, -0.2) is 45.3 Å². The van der Waals surface area contributed by atoms with E-state index >= 15 is 0 Å². The summed E-state index contributed by atoms with van der Waals surface area (Å²) in [4.78, 5) is 13.5. The number of carbonyl (C=O) groups excluding carboxylic acids is 1. The van der Waals surface area contributed by atoms with E-state index in [-0.39, 0.29) is 11.9 Å². The Bertz CT molecular complexity index is 434. The average molecular weight is 238 g/mol. The largest absolute Gasteiger partial charge is 0.409 e. The third kappa shape index (κ3) is 2.30. The van der Waals surface area contributed by atoms with E-state index in [4.69, 9.17) is 10.9 Å². The predicted molar refractivity (Wildman–Crippen MR) is 60.9 cm³/mol. The molecule has 0 saturated carbocycles. The summed E-state index contributed by atoms with van der Waals surface area (Å²) in [5, 5.41) is 20.4. The predicted octanol–water partition coefficient (Wildman–Crippen LogP) is 0.132. The van der Waals surface area contributed by atoms with E-state index in [1.165, 1.54) is 6.20 Å². The topological polar surface area (TPSA) is 120 Å². The maximum atomic E-state index is 11.8. The fourth-order valence-electron chi connectivity index (χ4n) is 1.74. The SMILES string of the molecule is N/C(=N\O)c1cn[nH]c1NC(=O)N1CCCC1. The molecule has 1 saturated heterocycles. The number of hydrogen-bond acceptors (Lipinski definition) is 4. The Kier molecular flexibility index (Phi) is 3.12. The number of carbonyl (C=O) groups is 1. The Morgan fingerprint density at radius 2 is 2.29 bits per heavy atom. The summed E-state index contributed by atoms with van der Waals surface area (Å²) in [6.07, 6.45) is 3.42. The number of H-pyrrole nitrogens is 1. The van der Waals surface area contributed by atoms with Gasteiger partial charge < -0.3 is 15.8 Å². The minimum absolute atomic E-state index is 0.101. The van der Waals surface area contributed by atoms with E-state index in [2.05, 4.69) is 20.7 Å². The molecule has 1 aromatic rings. The van der Waals surface area contributed by atoms with Crippen LogP contribution in [0.5, 0.6) is 0 Å². The number of amides is 2. The van der Waals surface area contributed by atoms with Gasteiger partial charge in [-0.05, 0) is 12.8 Å². The lowest BCUT2D eigenvalue weighted by atomic mass is 10.3. The molecule has 0 bridgehead atoms. The smallest absolute Gasteiger partial charge is 0.323 e. The normalized spacial score (nSPS) is 16.2. The van der Waals surface area contributed by atoms with E-state index < -0.39 is 0 Å². The molecule has 8 heteroatoms. The van der Waals surface area contributed by atoms with Crippen molar-refractivity contribution in [2.24, 2.45) is 10.9 Å². The molecule has 1 aromatic heterocycles. The second kappa shape index (κ2) is 4.73. The zero-order chi connectivity index (χ0) is 12.3. The van der Waals surface area contributed by atoms with Crippen LogP contribution >= 0.6 is 0 Å². The van der Waals surface area contributed by atoms with Crippen LogP contribution in [0.1, 0.15) is 18.4 Å². The van der Waals surface area contributed by atoms with Crippen molar-refractivity contribution in [2.45, 2.75) is 12.8 Å². The first-order chi connectivity index (χ1) is 8.22. The standard InChI is InChI=1S/C9H14N6O2/c10-7(14-17)6-5-11-13-8(6)12-9(16)15-3-1-2-4-15/h5,17H,1-4H2,(H2,10,14)(H2,11,12,13,16). The van der Waals surface area contributed by atoms with Gasteiger partial charge in [0.1, 0.15) is 5.82 Å². The number of aromatic amines is 1. The van der Waals surface area contributed by atoms with Gasteiger partial charge in [-0.3, -0.25) is 10.4 Å². The summed E-state index contributed by atoms with van der Waals surface area (Å²) >= 11 is 0. The highest BCUT2D eigenvalue weighted by Gasteiger charge is 2.20. The quantitative estimate of drug-likeness (QED) is 0.253. The van der Waals surface area contributed by atoms with E-state index in [9.17, 15) is 4.79 Å². The van der Waals surface area contributed by atoms with Gasteiger partial charge in [0.05, 0.1) is 11.8 Å². The highest BCUT2D eigenvalue weighted by molar-refractivity contribution is 6.04. The number of aromatic nitrogens is 2. The molecular weight excluding hydrogens is 224 g/mol. The van der Waals surface area contributed by atoms with Gasteiger partial charge in [0.25, 0.3) is 0 Å². The van der Waals surface area contributed by atoms with E-state index in [1.54, 1.807) is 4.90 Å². The van der Waals surface area contributed by atoms with Gasteiger partial charge in [-0.1, -0.05) is 5.16 Å². The maximum absolute atomic E-state index is 11.8. The third-order valence-corrected chi connectivity index (χ3v) is 2.65. The summed E-state index contributed by atoms with van der Waals surface area (Å²) in [6, 6.07) is -0.210. The lowest BCUT2D eigenvalue weighted by Crippen LogP contribution is -2.33. The Morgan fingerprint density at radius 3 is 2.94 bits per heavy atom. The third-order valence-electron chi connectivity index (χ3n) is 2.65. The van der Waals surface area contributed by atoms with E-state index in [0.29, 0.717) is 11.4 Å². The first kappa shape index (κ1) is 11.2. The van der Waals surface area contributed by atoms with Gasteiger partial charge in [0.15, 0.2) is 5.84 Å². The summed E-state index contributed by atoms with van der Waals surface area (Å²) in [7, 11) is 0. The van der Waals surface area contributed by atoms with Gasteiger partial charge >= 0.3 is 6.03 Å². The zero-order valence-electron chi connectivity index (χ0n) is 9.18. The molecule has 1 aliphatic rings. The second-order valence-electron chi connectivity index (χ2n) is 3.77. The molecule has 2 heterocycles. The number of rotatable bonds is 2. The molecule has 92 valence electrons. The molecule has 1 aliphatic heterocycles. The molecule has 2 amide bonds. The number of nitrogens with two attached hydrogens (primary N) is 1. The van der Waals surface area contributed by atoms with Crippen molar-refractivity contribution in [3.05, 3.63) is 11.8 Å². The van der Waals surface area contributed by atoms with Gasteiger partial charge in [-0.15, -0.1) is 0 Å². The molecule has 0 spiro atoms. The van der Waals surface area contributed by atoms with Crippen LogP contribution in [0.15, 0.2) is 11.4 Å². The molecule has 0 unspecified atom stereocenters. The van der Waals surface area contributed by atoms with Crippen molar-refractivity contribution in [3.8, 4) is 0 Å². The molecular formula is C9H14N6O2. The molecule has 2 rings (SSSR count). The van der Waals surface area contributed by atoms with Crippen molar-refractivity contribution in [3.63, 3.8) is 0 Å². The van der Waals surface area contributed by atoms with Gasteiger partial charge in [-0.25, -0.2) is 4.79 Å².